The van der Waals surface area contributed by atoms with Crippen molar-refractivity contribution in [1.29, 1.82) is 0 Å². The average Bonchev–Trinajstić information content (AvgIpc) is 2.61. The van der Waals surface area contributed by atoms with E-state index in [4.69, 9.17) is 4.74 Å². The highest BCUT2D eigenvalue weighted by Crippen LogP contribution is 2.23. The highest BCUT2D eigenvalue weighted by molar-refractivity contribution is 5.77. The molecule has 4 nitrogen and oxygen atoms in total. The molecule has 0 aliphatic heterocycles. The third kappa shape index (κ3) is 4.83. The Hall–Kier alpha value is -2.33. The van der Waals surface area contributed by atoms with Gasteiger partial charge >= 0.3 is 0 Å². The van der Waals surface area contributed by atoms with Crippen molar-refractivity contribution in [3.8, 4) is 5.75 Å². The van der Waals surface area contributed by atoms with Crippen molar-refractivity contribution in [2.45, 2.75) is 31.8 Å². The molecule has 0 aliphatic rings. The van der Waals surface area contributed by atoms with E-state index in [-0.39, 0.29) is 18.4 Å². The molecule has 2 unspecified atom stereocenters. The lowest BCUT2D eigenvalue weighted by Gasteiger charge is -2.24. The standard InChI is InChI=1S/C20H25NO3/c1-15(16-8-7-11-18(13-16)24-3)12-19(22)21-14-20(2,23)17-9-5-4-6-10-17/h4-11,13,15,23H,12,14H2,1-3H3,(H,21,22). The quantitative estimate of drug-likeness (QED) is 0.821. The molecule has 2 aromatic rings. The topological polar surface area (TPSA) is 58.6 Å². The van der Waals surface area contributed by atoms with Crippen LogP contribution >= 0.6 is 0 Å². The van der Waals surface area contributed by atoms with Crippen LogP contribution in [0.3, 0.4) is 0 Å². The Labute approximate surface area is 143 Å². The highest BCUT2D eigenvalue weighted by Gasteiger charge is 2.23. The second-order valence-corrected chi connectivity index (χ2v) is 6.30. The minimum Gasteiger partial charge on any atom is -0.497 e. The van der Waals surface area contributed by atoms with Gasteiger partial charge in [0.1, 0.15) is 11.4 Å². The van der Waals surface area contributed by atoms with E-state index in [2.05, 4.69) is 5.32 Å². The van der Waals surface area contributed by atoms with Crippen molar-refractivity contribution < 1.29 is 14.6 Å². The number of methoxy groups -OCH3 is 1. The second kappa shape index (κ2) is 7.97. The summed E-state index contributed by atoms with van der Waals surface area (Å²) < 4.78 is 5.22. The molecule has 0 spiro atoms. The lowest BCUT2D eigenvalue weighted by molar-refractivity contribution is -0.122. The first-order valence-electron chi connectivity index (χ1n) is 8.11. The molecular weight excluding hydrogens is 302 g/mol. The number of carbonyl (C=O) groups excluding carboxylic acids is 1. The van der Waals surface area contributed by atoms with E-state index in [9.17, 15) is 9.90 Å². The number of hydrogen-bond acceptors (Lipinski definition) is 3. The Balaban J connectivity index is 1.91. The Bertz CT molecular complexity index is 668. The van der Waals surface area contributed by atoms with Crippen LogP contribution in [0.5, 0.6) is 5.75 Å². The van der Waals surface area contributed by atoms with Gasteiger partial charge in [0.15, 0.2) is 0 Å². The predicted molar refractivity (Wildman–Crippen MR) is 95.0 cm³/mol. The van der Waals surface area contributed by atoms with Crippen LogP contribution in [-0.4, -0.2) is 24.7 Å². The van der Waals surface area contributed by atoms with Crippen LogP contribution in [0, 0.1) is 0 Å². The smallest absolute Gasteiger partial charge is 0.220 e. The largest absolute Gasteiger partial charge is 0.497 e. The first kappa shape index (κ1) is 18.0. The Morgan fingerprint density at radius 2 is 1.92 bits per heavy atom. The van der Waals surface area contributed by atoms with Crippen molar-refractivity contribution in [2.75, 3.05) is 13.7 Å². The van der Waals surface area contributed by atoms with Gasteiger partial charge in [-0.15, -0.1) is 0 Å². The van der Waals surface area contributed by atoms with Crippen LogP contribution < -0.4 is 10.1 Å². The molecule has 0 heterocycles. The summed E-state index contributed by atoms with van der Waals surface area (Å²) in [6.45, 7) is 3.89. The molecule has 1 amide bonds. The van der Waals surface area contributed by atoms with E-state index >= 15 is 0 Å². The average molecular weight is 327 g/mol. The maximum Gasteiger partial charge on any atom is 0.220 e. The number of benzene rings is 2. The Morgan fingerprint density at radius 1 is 1.21 bits per heavy atom. The molecular formula is C20H25NO3. The minimum atomic E-state index is -1.09. The molecule has 24 heavy (non-hydrogen) atoms. The normalized spacial score (nSPS) is 14.5. The van der Waals surface area contributed by atoms with E-state index in [0.29, 0.717) is 6.42 Å². The zero-order valence-electron chi connectivity index (χ0n) is 14.5. The summed E-state index contributed by atoms with van der Waals surface area (Å²) in [5.74, 6) is 0.773. The van der Waals surface area contributed by atoms with Gasteiger partial charge in [0.05, 0.1) is 13.7 Å². The second-order valence-electron chi connectivity index (χ2n) is 6.30. The van der Waals surface area contributed by atoms with Gasteiger partial charge in [-0.3, -0.25) is 4.79 Å². The van der Waals surface area contributed by atoms with Gasteiger partial charge in [0.2, 0.25) is 5.91 Å². The summed E-state index contributed by atoms with van der Waals surface area (Å²) >= 11 is 0. The molecule has 4 heteroatoms. The fourth-order valence-corrected chi connectivity index (χ4v) is 2.59. The molecule has 128 valence electrons. The molecule has 0 fully saturated rings. The van der Waals surface area contributed by atoms with Crippen molar-refractivity contribution in [1.82, 2.24) is 5.32 Å². The summed E-state index contributed by atoms with van der Waals surface area (Å²) in [4.78, 5) is 12.2. The minimum absolute atomic E-state index is 0.0711. The van der Waals surface area contributed by atoms with Gasteiger partial charge in [0.25, 0.3) is 0 Å². The van der Waals surface area contributed by atoms with Gasteiger partial charge in [0, 0.05) is 6.42 Å². The van der Waals surface area contributed by atoms with Gasteiger partial charge < -0.3 is 15.2 Å². The number of aliphatic hydroxyl groups is 1. The summed E-state index contributed by atoms with van der Waals surface area (Å²) in [6, 6.07) is 17.1. The van der Waals surface area contributed by atoms with Crippen LogP contribution in [0.1, 0.15) is 37.3 Å². The van der Waals surface area contributed by atoms with Crippen LogP contribution in [0.25, 0.3) is 0 Å². The molecule has 2 aromatic carbocycles. The van der Waals surface area contributed by atoms with Gasteiger partial charge in [-0.2, -0.15) is 0 Å². The fraction of sp³-hybridized carbons (Fsp3) is 0.350. The van der Waals surface area contributed by atoms with E-state index in [1.165, 1.54) is 0 Å². The number of nitrogens with one attached hydrogen (secondary N) is 1. The van der Waals surface area contributed by atoms with Crippen molar-refractivity contribution in [2.24, 2.45) is 0 Å². The molecule has 2 atom stereocenters. The third-order valence-corrected chi connectivity index (χ3v) is 4.18. The molecule has 0 bridgehead atoms. The van der Waals surface area contributed by atoms with Crippen LogP contribution in [0.4, 0.5) is 0 Å². The molecule has 0 radical (unpaired) electrons. The van der Waals surface area contributed by atoms with E-state index in [1.807, 2.05) is 61.5 Å². The Kier molecular flexibility index (Phi) is 5.99. The van der Waals surface area contributed by atoms with Crippen molar-refractivity contribution in [3.05, 3.63) is 65.7 Å². The summed E-state index contributed by atoms with van der Waals surface area (Å²) in [5.41, 5.74) is 0.751. The summed E-state index contributed by atoms with van der Waals surface area (Å²) in [7, 11) is 1.63. The number of rotatable bonds is 7. The summed E-state index contributed by atoms with van der Waals surface area (Å²) in [5, 5.41) is 13.4. The zero-order chi connectivity index (χ0) is 17.6. The van der Waals surface area contributed by atoms with Crippen molar-refractivity contribution >= 4 is 5.91 Å². The van der Waals surface area contributed by atoms with E-state index in [0.717, 1.165) is 16.9 Å². The maximum atomic E-state index is 12.2. The van der Waals surface area contributed by atoms with E-state index in [1.54, 1.807) is 14.0 Å². The van der Waals surface area contributed by atoms with Crippen LogP contribution in [0.15, 0.2) is 54.6 Å². The predicted octanol–water partition coefficient (Wildman–Crippen LogP) is 3.21. The van der Waals surface area contributed by atoms with Gasteiger partial charge in [-0.25, -0.2) is 0 Å². The first-order chi connectivity index (χ1) is 11.4. The molecule has 0 aliphatic carbocycles. The molecule has 0 aromatic heterocycles. The third-order valence-electron chi connectivity index (χ3n) is 4.18. The van der Waals surface area contributed by atoms with Crippen LogP contribution in [0.2, 0.25) is 0 Å². The van der Waals surface area contributed by atoms with Crippen LogP contribution in [-0.2, 0) is 10.4 Å². The highest BCUT2D eigenvalue weighted by atomic mass is 16.5. The van der Waals surface area contributed by atoms with Gasteiger partial charge in [-0.05, 0) is 36.1 Å². The molecule has 2 rings (SSSR count). The number of hydrogen-bond donors (Lipinski definition) is 2. The molecule has 0 saturated heterocycles. The molecule has 2 N–H and O–H groups in total. The Morgan fingerprint density at radius 3 is 2.58 bits per heavy atom. The SMILES string of the molecule is COc1cccc(C(C)CC(=O)NCC(C)(O)c2ccccc2)c1. The van der Waals surface area contributed by atoms with Gasteiger partial charge in [-0.1, -0.05) is 49.4 Å². The first-order valence-corrected chi connectivity index (χ1v) is 8.11. The number of carbonyl (C=O) groups is 1. The number of ether oxygens (including phenoxy) is 1. The lowest BCUT2D eigenvalue weighted by atomic mass is 9.95. The fourth-order valence-electron chi connectivity index (χ4n) is 2.59. The summed E-state index contributed by atoms with van der Waals surface area (Å²) in [6.07, 6.45) is 0.359. The molecule has 0 saturated carbocycles. The zero-order valence-corrected chi connectivity index (χ0v) is 14.5. The monoisotopic (exact) mass is 327 g/mol. The van der Waals surface area contributed by atoms with Crippen molar-refractivity contribution in [3.63, 3.8) is 0 Å². The number of amides is 1. The van der Waals surface area contributed by atoms with E-state index < -0.39 is 5.60 Å². The lowest BCUT2D eigenvalue weighted by Crippen LogP contribution is -2.38. The maximum absolute atomic E-state index is 12.2.